The second-order valence-electron chi connectivity index (χ2n) is 12.4. The van der Waals surface area contributed by atoms with Gasteiger partial charge in [-0.05, 0) is 100.0 Å². The van der Waals surface area contributed by atoms with Gasteiger partial charge in [0.2, 0.25) is 0 Å². The van der Waals surface area contributed by atoms with Crippen LogP contribution in [-0.2, 0) is 0 Å². The Balaban J connectivity index is 1.28. The van der Waals surface area contributed by atoms with E-state index < -0.39 is 0 Å². The molecular weight excluding hydrogens is 583 g/mol. The molecule has 0 bridgehead atoms. The van der Waals surface area contributed by atoms with Crippen LogP contribution in [0.15, 0.2) is 180 Å². The first-order valence-electron chi connectivity index (χ1n) is 16.7. The van der Waals surface area contributed by atoms with E-state index in [1.54, 1.807) is 0 Å². The predicted octanol–water partition coefficient (Wildman–Crippen LogP) is 13.3. The summed E-state index contributed by atoms with van der Waals surface area (Å²) in [5, 5.41) is 4.65. The van der Waals surface area contributed by atoms with Crippen LogP contribution in [0.4, 0.5) is 17.1 Å². The number of hydrogen-bond donors (Lipinski definition) is 0. The van der Waals surface area contributed by atoms with Crippen molar-refractivity contribution >= 4 is 55.3 Å². The standard InChI is InChI=1S/C46H33NO/c1-4-15-32(16-5-1)38-28-27-37(31-41(38)33-17-6-2-7-18-33)47(36-21-8-3-9-22-36)43-25-13-12-23-39(43)40-24-14-26-44-46(40)42-29-34-19-10-11-20-35(34)30-45(42)48-44/h1,3-6,8-31H,2,7H2. The van der Waals surface area contributed by atoms with Crippen molar-refractivity contribution in [2.75, 3.05) is 4.90 Å². The average molecular weight is 616 g/mol. The zero-order valence-electron chi connectivity index (χ0n) is 26.5. The number of para-hydroxylation sites is 2. The highest BCUT2D eigenvalue weighted by Crippen LogP contribution is 2.46. The molecule has 228 valence electrons. The van der Waals surface area contributed by atoms with Gasteiger partial charge in [-0.25, -0.2) is 0 Å². The van der Waals surface area contributed by atoms with E-state index in [0.717, 1.165) is 63.0 Å². The molecule has 0 unspecified atom stereocenters. The van der Waals surface area contributed by atoms with E-state index in [4.69, 9.17) is 4.42 Å². The van der Waals surface area contributed by atoms with E-state index in [1.807, 2.05) is 0 Å². The molecule has 0 atom stereocenters. The molecule has 1 aliphatic rings. The number of benzene rings is 7. The van der Waals surface area contributed by atoms with Crippen molar-refractivity contribution in [2.24, 2.45) is 0 Å². The molecular formula is C46H33NO. The van der Waals surface area contributed by atoms with Crippen molar-refractivity contribution in [3.8, 4) is 22.3 Å². The van der Waals surface area contributed by atoms with Gasteiger partial charge in [0.15, 0.2) is 0 Å². The number of hydrogen-bond acceptors (Lipinski definition) is 2. The molecule has 0 amide bonds. The van der Waals surface area contributed by atoms with Gasteiger partial charge in [0, 0.05) is 27.7 Å². The van der Waals surface area contributed by atoms with Crippen molar-refractivity contribution in [2.45, 2.75) is 12.8 Å². The maximum Gasteiger partial charge on any atom is 0.136 e. The Morgan fingerprint density at radius 1 is 0.479 bits per heavy atom. The van der Waals surface area contributed by atoms with Crippen LogP contribution in [0.5, 0.6) is 0 Å². The highest BCUT2D eigenvalue weighted by Gasteiger charge is 2.22. The monoisotopic (exact) mass is 615 g/mol. The van der Waals surface area contributed by atoms with E-state index in [-0.39, 0.29) is 0 Å². The summed E-state index contributed by atoms with van der Waals surface area (Å²) in [5.41, 5.74) is 12.4. The Bertz CT molecular complexity index is 2500. The molecule has 48 heavy (non-hydrogen) atoms. The first-order chi connectivity index (χ1) is 23.8. The van der Waals surface area contributed by atoms with Crippen LogP contribution in [0.2, 0.25) is 0 Å². The normalized spacial score (nSPS) is 12.9. The summed E-state index contributed by atoms with van der Waals surface area (Å²) in [5.74, 6) is 0. The largest absolute Gasteiger partial charge is 0.456 e. The fourth-order valence-corrected chi connectivity index (χ4v) is 7.23. The molecule has 1 heterocycles. The molecule has 9 rings (SSSR count). The SMILES string of the molecule is C1=CC(c2cc(N(c3ccccc3)c3ccccc3-c3cccc4oc5cc6ccccc6cc5c34)ccc2-c2ccccc2)=CCC1. The molecule has 0 aliphatic heterocycles. The smallest absolute Gasteiger partial charge is 0.136 e. The van der Waals surface area contributed by atoms with Gasteiger partial charge in [-0.15, -0.1) is 0 Å². The average Bonchev–Trinajstić information content (AvgIpc) is 3.53. The summed E-state index contributed by atoms with van der Waals surface area (Å²) >= 11 is 0. The van der Waals surface area contributed by atoms with Crippen molar-refractivity contribution in [3.05, 3.63) is 182 Å². The first kappa shape index (κ1) is 28.1. The summed E-state index contributed by atoms with van der Waals surface area (Å²) in [4.78, 5) is 2.40. The number of allylic oxidation sites excluding steroid dienone is 4. The van der Waals surface area contributed by atoms with Crippen molar-refractivity contribution in [3.63, 3.8) is 0 Å². The quantitative estimate of drug-likeness (QED) is 0.185. The number of nitrogens with zero attached hydrogens (tertiary/aromatic N) is 1. The van der Waals surface area contributed by atoms with Crippen LogP contribution in [0, 0.1) is 0 Å². The molecule has 1 aliphatic carbocycles. The third-order valence-corrected chi connectivity index (χ3v) is 9.47. The van der Waals surface area contributed by atoms with Gasteiger partial charge in [-0.1, -0.05) is 127 Å². The van der Waals surface area contributed by atoms with Crippen LogP contribution in [0.3, 0.4) is 0 Å². The molecule has 1 aromatic heterocycles. The summed E-state index contributed by atoms with van der Waals surface area (Å²) in [6.45, 7) is 0. The molecule has 0 fully saturated rings. The van der Waals surface area contributed by atoms with E-state index in [9.17, 15) is 0 Å². The second kappa shape index (κ2) is 11.9. The van der Waals surface area contributed by atoms with E-state index >= 15 is 0 Å². The molecule has 0 saturated heterocycles. The van der Waals surface area contributed by atoms with Crippen molar-refractivity contribution in [1.82, 2.24) is 0 Å². The Labute approximate surface area is 280 Å². The minimum atomic E-state index is 0.893. The van der Waals surface area contributed by atoms with Gasteiger partial charge >= 0.3 is 0 Å². The van der Waals surface area contributed by atoms with Crippen LogP contribution in [0.25, 0.3) is 60.5 Å². The van der Waals surface area contributed by atoms with Gasteiger partial charge < -0.3 is 9.32 Å². The highest BCUT2D eigenvalue weighted by molar-refractivity contribution is 6.16. The molecule has 0 radical (unpaired) electrons. The van der Waals surface area contributed by atoms with Gasteiger partial charge in [-0.3, -0.25) is 0 Å². The van der Waals surface area contributed by atoms with Crippen molar-refractivity contribution in [1.29, 1.82) is 0 Å². The lowest BCUT2D eigenvalue weighted by atomic mass is 9.90. The third kappa shape index (κ3) is 4.90. The number of fused-ring (bicyclic) bond motifs is 4. The summed E-state index contributed by atoms with van der Waals surface area (Å²) < 4.78 is 6.50. The molecule has 0 spiro atoms. The van der Waals surface area contributed by atoms with Crippen molar-refractivity contribution < 1.29 is 4.42 Å². The molecule has 0 N–H and O–H groups in total. The number of furan rings is 1. The minimum absolute atomic E-state index is 0.893. The molecule has 8 aromatic rings. The summed E-state index contributed by atoms with van der Waals surface area (Å²) in [6, 6.07) is 56.5. The number of anilines is 3. The number of rotatable bonds is 6. The molecule has 2 nitrogen and oxygen atoms in total. The maximum absolute atomic E-state index is 6.50. The Kier molecular flexibility index (Phi) is 6.98. The third-order valence-electron chi connectivity index (χ3n) is 9.47. The molecule has 7 aromatic carbocycles. The Morgan fingerprint density at radius 3 is 2.02 bits per heavy atom. The van der Waals surface area contributed by atoms with Crippen LogP contribution >= 0.6 is 0 Å². The lowest BCUT2D eigenvalue weighted by molar-refractivity contribution is 0.669. The topological polar surface area (TPSA) is 16.4 Å². The fourth-order valence-electron chi connectivity index (χ4n) is 7.23. The molecule has 2 heteroatoms. The van der Waals surface area contributed by atoms with Crippen LogP contribution < -0.4 is 4.90 Å². The first-order valence-corrected chi connectivity index (χ1v) is 16.7. The molecule has 0 saturated carbocycles. The van der Waals surface area contributed by atoms with E-state index in [0.29, 0.717) is 0 Å². The predicted molar refractivity (Wildman–Crippen MR) is 203 cm³/mol. The lowest BCUT2D eigenvalue weighted by Crippen LogP contribution is -2.11. The van der Waals surface area contributed by atoms with Crippen LogP contribution in [0.1, 0.15) is 18.4 Å². The second-order valence-corrected chi connectivity index (χ2v) is 12.4. The van der Waals surface area contributed by atoms with Gasteiger partial charge in [0.1, 0.15) is 11.2 Å². The lowest BCUT2D eigenvalue weighted by Gasteiger charge is -2.29. The minimum Gasteiger partial charge on any atom is -0.456 e. The van der Waals surface area contributed by atoms with Gasteiger partial charge in [-0.2, -0.15) is 0 Å². The zero-order valence-corrected chi connectivity index (χ0v) is 26.5. The maximum atomic E-state index is 6.50. The highest BCUT2D eigenvalue weighted by atomic mass is 16.3. The Morgan fingerprint density at radius 2 is 1.21 bits per heavy atom. The zero-order chi connectivity index (χ0) is 31.9. The Hall–Kier alpha value is -6.12. The van der Waals surface area contributed by atoms with Gasteiger partial charge in [0.25, 0.3) is 0 Å². The van der Waals surface area contributed by atoms with E-state index in [1.165, 1.54) is 33.0 Å². The van der Waals surface area contributed by atoms with Crippen LogP contribution in [-0.4, -0.2) is 0 Å². The van der Waals surface area contributed by atoms with E-state index in [2.05, 4.69) is 181 Å². The van der Waals surface area contributed by atoms with Gasteiger partial charge in [0.05, 0.1) is 5.69 Å². The summed E-state index contributed by atoms with van der Waals surface area (Å²) in [7, 11) is 0. The fraction of sp³-hybridized carbons (Fsp3) is 0.0435. The summed E-state index contributed by atoms with van der Waals surface area (Å²) in [6.07, 6.45) is 9.08.